The molecule has 0 bridgehead atoms. The number of likely N-dealkylation sites (N-methyl/N-ethyl adjacent to an activating group) is 1. The number of aromatic nitrogens is 5. The van der Waals surface area contributed by atoms with E-state index in [-0.39, 0.29) is 0 Å². The van der Waals surface area contributed by atoms with Crippen molar-refractivity contribution in [3.05, 3.63) is 54.1 Å². The van der Waals surface area contributed by atoms with Gasteiger partial charge in [-0.05, 0) is 56.4 Å². The molecule has 0 saturated carbocycles. The zero-order valence-electron chi connectivity index (χ0n) is 16.7. The highest BCUT2D eigenvalue weighted by Crippen LogP contribution is 2.33. The fraction of sp³-hybridized carbons (Fsp3) is 0.409. The number of anilines is 2. The standard InChI is InChI=1S/C22H25N7/c1-28(17-5-4-14-29(15-17)20-8-3-11-24-27-20)22-18-6-2-7-19(18)25-21(26-22)16-9-12-23-13-10-16/h3,8-13,17H,2,4-7,14-15H2,1H3. The lowest BCUT2D eigenvalue weighted by Gasteiger charge is -2.39. The third-order valence-electron chi connectivity index (χ3n) is 6.01. The van der Waals surface area contributed by atoms with Gasteiger partial charge in [-0.1, -0.05) is 0 Å². The van der Waals surface area contributed by atoms with Crippen LogP contribution in [0.25, 0.3) is 11.4 Å². The highest BCUT2D eigenvalue weighted by Gasteiger charge is 2.29. The maximum Gasteiger partial charge on any atom is 0.161 e. The third kappa shape index (κ3) is 3.52. The van der Waals surface area contributed by atoms with E-state index in [1.807, 2.05) is 24.3 Å². The lowest BCUT2D eigenvalue weighted by Crippen LogP contribution is -2.47. The van der Waals surface area contributed by atoms with Crippen LogP contribution in [0.4, 0.5) is 11.6 Å². The molecule has 0 aromatic carbocycles. The van der Waals surface area contributed by atoms with E-state index >= 15 is 0 Å². The van der Waals surface area contributed by atoms with Crippen LogP contribution >= 0.6 is 0 Å². The second-order valence-electron chi connectivity index (χ2n) is 7.82. The fourth-order valence-corrected chi connectivity index (χ4v) is 4.45. The summed E-state index contributed by atoms with van der Waals surface area (Å²) >= 11 is 0. The molecule has 0 N–H and O–H groups in total. The van der Waals surface area contributed by atoms with Crippen molar-refractivity contribution in [1.29, 1.82) is 0 Å². The van der Waals surface area contributed by atoms with Gasteiger partial charge in [0.15, 0.2) is 11.6 Å². The average molecular weight is 387 g/mol. The molecule has 1 saturated heterocycles. The van der Waals surface area contributed by atoms with Crippen LogP contribution in [0.3, 0.4) is 0 Å². The van der Waals surface area contributed by atoms with Crippen LogP contribution in [-0.2, 0) is 12.8 Å². The average Bonchev–Trinajstić information content (AvgIpc) is 3.28. The van der Waals surface area contributed by atoms with Crippen molar-refractivity contribution in [3.8, 4) is 11.4 Å². The summed E-state index contributed by atoms with van der Waals surface area (Å²) in [6.45, 7) is 1.95. The molecular formula is C22H25N7. The molecule has 2 aliphatic rings. The largest absolute Gasteiger partial charge is 0.355 e. The van der Waals surface area contributed by atoms with Gasteiger partial charge in [-0.3, -0.25) is 4.98 Å². The molecule has 1 atom stereocenters. The summed E-state index contributed by atoms with van der Waals surface area (Å²) in [5, 5.41) is 8.36. The summed E-state index contributed by atoms with van der Waals surface area (Å²) in [4.78, 5) is 18.7. The number of pyridine rings is 1. The fourth-order valence-electron chi connectivity index (χ4n) is 4.45. The highest BCUT2D eigenvalue weighted by atomic mass is 15.3. The predicted molar refractivity (Wildman–Crippen MR) is 113 cm³/mol. The maximum atomic E-state index is 5.03. The molecule has 148 valence electrons. The molecule has 3 aromatic heterocycles. The van der Waals surface area contributed by atoms with E-state index in [2.05, 4.69) is 32.0 Å². The molecule has 29 heavy (non-hydrogen) atoms. The van der Waals surface area contributed by atoms with Gasteiger partial charge in [0.1, 0.15) is 5.82 Å². The Morgan fingerprint density at radius 3 is 2.76 bits per heavy atom. The van der Waals surface area contributed by atoms with Gasteiger partial charge in [0.05, 0.1) is 0 Å². The summed E-state index contributed by atoms with van der Waals surface area (Å²) in [5.41, 5.74) is 3.55. The van der Waals surface area contributed by atoms with Gasteiger partial charge in [0.25, 0.3) is 0 Å². The van der Waals surface area contributed by atoms with Gasteiger partial charge >= 0.3 is 0 Å². The van der Waals surface area contributed by atoms with Crippen molar-refractivity contribution in [2.45, 2.75) is 38.1 Å². The quantitative estimate of drug-likeness (QED) is 0.682. The Morgan fingerprint density at radius 1 is 1.03 bits per heavy atom. The summed E-state index contributed by atoms with van der Waals surface area (Å²) in [5.74, 6) is 2.85. The van der Waals surface area contributed by atoms with E-state index in [0.717, 1.165) is 68.2 Å². The number of fused-ring (bicyclic) bond motifs is 1. The van der Waals surface area contributed by atoms with Crippen LogP contribution in [0, 0.1) is 0 Å². The van der Waals surface area contributed by atoms with E-state index in [4.69, 9.17) is 9.97 Å². The van der Waals surface area contributed by atoms with Gasteiger partial charge in [0.2, 0.25) is 0 Å². The van der Waals surface area contributed by atoms with Gasteiger partial charge in [-0.2, -0.15) is 5.10 Å². The van der Waals surface area contributed by atoms with Crippen LogP contribution in [0.2, 0.25) is 0 Å². The van der Waals surface area contributed by atoms with E-state index in [1.54, 1.807) is 18.6 Å². The molecule has 0 amide bonds. The van der Waals surface area contributed by atoms with Crippen molar-refractivity contribution in [3.63, 3.8) is 0 Å². The second-order valence-corrected chi connectivity index (χ2v) is 7.82. The maximum absolute atomic E-state index is 5.03. The molecule has 3 aromatic rings. The Hall–Kier alpha value is -3.09. The monoisotopic (exact) mass is 387 g/mol. The van der Waals surface area contributed by atoms with E-state index in [1.165, 1.54) is 11.3 Å². The van der Waals surface area contributed by atoms with Crippen LogP contribution in [0.5, 0.6) is 0 Å². The summed E-state index contributed by atoms with van der Waals surface area (Å²) in [6, 6.07) is 8.34. The summed E-state index contributed by atoms with van der Waals surface area (Å²) in [6.07, 6.45) is 10.9. The zero-order chi connectivity index (χ0) is 19.6. The highest BCUT2D eigenvalue weighted by molar-refractivity contribution is 5.61. The van der Waals surface area contributed by atoms with E-state index in [0.29, 0.717) is 6.04 Å². The first-order valence-electron chi connectivity index (χ1n) is 10.4. The Bertz CT molecular complexity index is 977. The van der Waals surface area contributed by atoms with Crippen molar-refractivity contribution < 1.29 is 0 Å². The second kappa shape index (κ2) is 7.73. The van der Waals surface area contributed by atoms with E-state index in [9.17, 15) is 0 Å². The normalized spacial score (nSPS) is 18.5. The molecule has 7 nitrogen and oxygen atoms in total. The molecule has 0 radical (unpaired) electrons. The van der Waals surface area contributed by atoms with Crippen molar-refractivity contribution in [2.75, 3.05) is 29.9 Å². The third-order valence-corrected chi connectivity index (χ3v) is 6.01. The topological polar surface area (TPSA) is 70.9 Å². The summed E-state index contributed by atoms with van der Waals surface area (Å²) in [7, 11) is 2.18. The van der Waals surface area contributed by atoms with Crippen LogP contribution in [0.15, 0.2) is 42.9 Å². The van der Waals surface area contributed by atoms with E-state index < -0.39 is 0 Å². The smallest absolute Gasteiger partial charge is 0.161 e. The van der Waals surface area contributed by atoms with Gasteiger partial charge in [0, 0.05) is 61.6 Å². The Morgan fingerprint density at radius 2 is 1.93 bits per heavy atom. The predicted octanol–water partition coefficient (Wildman–Crippen LogP) is 2.92. The number of piperidine rings is 1. The van der Waals surface area contributed by atoms with Gasteiger partial charge < -0.3 is 9.80 Å². The van der Waals surface area contributed by atoms with Gasteiger partial charge in [-0.25, -0.2) is 9.97 Å². The van der Waals surface area contributed by atoms with Gasteiger partial charge in [-0.15, -0.1) is 5.10 Å². The minimum atomic E-state index is 0.385. The molecule has 1 fully saturated rings. The number of aryl methyl sites for hydroxylation is 1. The Labute approximate surface area is 170 Å². The zero-order valence-corrected chi connectivity index (χ0v) is 16.7. The molecule has 5 rings (SSSR count). The van der Waals surface area contributed by atoms with Crippen LogP contribution < -0.4 is 9.80 Å². The molecule has 7 heteroatoms. The van der Waals surface area contributed by atoms with Crippen molar-refractivity contribution in [2.24, 2.45) is 0 Å². The Balaban J connectivity index is 1.46. The Kier molecular flexibility index (Phi) is 4.79. The lowest BCUT2D eigenvalue weighted by molar-refractivity contribution is 0.481. The van der Waals surface area contributed by atoms with Crippen molar-refractivity contribution >= 4 is 11.6 Å². The van der Waals surface area contributed by atoms with Crippen LogP contribution in [0.1, 0.15) is 30.5 Å². The first kappa shape index (κ1) is 18.0. The summed E-state index contributed by atoms with van der Waals surface area (Å²) < 4.78 is 0. The number of hydrogen-bond acceptors (Lipinski definition) is 7. The number of rotatable bonds is 4. The molecule has 1 aliphatic heterocycles. The first-order valence-corrected chi connectivity index (χ1v) is 10.4. The molecular weight excluding hydrogens is 362 g/mol. The molecule has 0 spiro atoms. The minimum absolute atomic E-state index is 0.385. The lowest BCUT2D eigenvalue weighted by atomic mass is 10.0. The molecule has 4 heterocycles. The number of nitrogens with zero attached hydrogens (tertiary/aromatic N) is 7. The molecule has 1 aliphatic carbocycles. The first-order chi connectivity index (χ1) is 14.3. The number of hydrogen-bond donors (Lipinski definition) is 0. The molecule has 1 unspecified atom stereocenters. The SMILES string of the molecule is CN(c1nc(-c2ccncc2)nc2c1CCC2)C1CCCN(c2cccnn2)C1. The van der Waals surface area contributed by atoms with Crippen LogP contribution in [-0.4, -0.2) is 51.3 Å². The van der Waals surface area contributed by atoms with Crippen molar-refractivity contribution in [1.82, 2.24) is 25.1 Å². The minimum Gasteiger partial charge on any atom is -0.355 e.